The molecule has 1 fully saturated rings. The number of aliphatic hydroxyl groups is 1. The monoisotopic (exact) mass is 218 g/mol. The summed E-state index contributed by atoms with van der Waals surface area (Å²) in [6.07, 6.45) is -0.750. The van der Waals surface area contributed by atoms with Gasteiger partial charge in [-0.1, -0.05) is 0 Å². The highest BCUT2D eigenvalue weighted by Crippen LogP contribution is 2.17. The fourth-order valence-electron chi connectivity index (χ4n) is 1.30. The zero-order valence-corrected chi connectivity index (χ0v) is 8.64. The highest BCUT2D eigenvalue weighted by atomic mass is 16.6. The molecule has 1 N–H and O–H groups in total. The molecule has 0 unspecified atom stereocenters. The summed E-state index contributed by atoms with van der Waals surface area (Å²) in [4.78, 5) is 22.0. The number of carbonyl (C=O) groups excluding carboxylic acids is 2. The molecule has 0 radical (unpaired) electrons. The van der Waals surface area contributed by atoms with Crippen LogP contribution in [0.5, 0.6) is 0 Å². The highest BCUT2D eigenvalue weighted by molar-refractivity contribution is 5.81. The molecule has 86 valence electrons. The minimum atomic E-state index is -0.761. The fraction of sp³-hybridized carbons (Fsp3) is 0.800. The van der Waals surface area contributed by atoms with E-state index < -0.39 is 24.8 Å². The Morgan fingerprint density at radius 2 is 2.33 bits per heavy atom. The number of carbonyl (C=O) groups is 2. The highest BCUT2D eigenvalue weighted by Gasteiger charge is 2.30. The fourth-order valence-corrected chi connectivity index (χ4v) is 1.30. The van der Waals surface area contributed by atoms with Gasteiger partial charge in [0.15, 0.2) is 0 Å². The maximum Gasteiger partial charge on any atom is 0.306 e. The third kappa shape index (κ3) is 3.97. The first-order valence-electron chi connectivity index (χ1n) is 5.48. The van der Waals surface area contributed by atoms with Gasteiger partial charge >= 0.3 is 5.97 Å². The summed E-state index contributed by atoms with van der Waals surface area (Å²) in [6, 6.07) is 0. The molecular formula is C10H16O5. The van der Waals surface area contributed by atoms with Gasteiger partial charge in [0, 0.05) is 12.8 Å². The van der Waals surface area contributed by atoms with Gasteiger partial charge in [0.05, 0.1) is 21.0 Å². The maximum absolute atomic E-state index is 11.3. The van der Waals surface area contributed by atoms with Crippen molar-refractivity contribution in [1.29, 1.82) is 0 Å². The molecule has 0 saturated carbocycles. The lowest BCUT2D eigenvalue weighted by Gasteiger charge is -2.16. The van der Waals surface area contributed by atoms with Gasteiger partial charge in [0.25, 0.3) is 0 Å². The van der Waals surface area contributed by atoms with E-state index in [1.165, 1.54) is 6.92 Å². The molecule has 15 heavy (non-hydrogen) atoms. The predicted octanol–water partition coefficient (Wildman–Crippen LogP) is 0.0486. The number of rotatable bonds is 5. The Balaban J connectivity index is 2.35. The maximum atomic E-state index is 11.3. The van der Waals surface area contributed by atoms with Gasteiger partial charge in [0.2, 0.25) is 0 Å². The van der Waals surface area contributed by atoms with Crippen LogP contribution in [0.4, 0.5) is 0 Å². The zero-order valence-electron chi connectivity index (χ0n) is 9.64. The number of ether oxygens (including phenoxy) is 2. The molecule has 3 atom stereocenters. The van der Waals surface area contributed by atoms with Crippen LogP contribution >= 0.6 is 0 Å². The van der Waals surface area contributed by atoms with Crippen LogP contribution in [0, 0.1) is 0 Å². The number of aliphatic hydroxyl groups excluding tert-OH is 1. The Kier molecular flexibility index (Phi) is 4.11. The van der Waals surface area contributed by atoms with Crippen LogP contribution < -0.4 is 0 Å². The van der Waals surface area contributed by atoms with Crippen molar-refractivity contribution in [2.75, 3.05) is 13.2 Å². The summed E-state index contributed by atoms with van der Waals surface area (Å²) in [7, 11) is 0. The summed E-state index contributed by atoms with van der Waals surface area (Å²) >= 11 is 0. The molecule has 1 saturated heterocycles. The summed E-state index contributed by atoms with van der Waals surface area (Å²) < 4.78 is 17.4. The average molecular weight is 218 g/mol. The predicted molar refractivity (Wildman–Crippen MR) is 51.2 cm³/mol. The largest absolute Gasteiger partial charge is 0.459 e. The van der Waals surface area contributed by atoms with Crippen molar-refractivity contribution < 1.29 is 25.5 Å². The molecule has 0 aromatic carbocycles. The Morgan fingerprint density at radius 3 is 2.93 bits per heavy atom. The van der Waals surface area contributed by atoms with E-state index in [2.05, 4.69) is 0 Å². The van der Waals surface area contributed by atoms with Crippen molar-refractivity contribution in [3.05, 3.63) is 0 Å². The SMILES string of the molecule is [3H][C@H]1C[C@@H](OC(=O)CCC(C)=O)[C@@H](CO)O1. The van der Waals surface area contributed by atoms with Gasteiger partial charge < -0.3 is 19.4 Å². The Morgan fingerprint density at radius 1 is 1.60 bits per heavy atom. The summed E-state index contributed by atoms with van der Waals surface area (Å²) in [5, 5.41) is 8.93. The lowest BCUT2D eigenvalue weighted by atomic mass is 10.2. The van der Waals surface area contributed by atoms with Crippen molar-refractivity contribution in [3.63, 3.8) is 0 Å². The first-order chi connectivity index (χ1) is 7.52. The average Bonchev–Trinajstić information content (AvgIpc) is 2.55. The van der Waals surface area contributed by atoms with Crippen LogP contribution in [0.15, 0.2) is 0 Å². The van der Waals surface area contributed by atoms with Gasteiger partial charge in [0.1, 0.15) is 18.0 Å². The summed E-state index contributed by atoms with van der Waals surface area (Å²) in [6.45, 7) is 0.366. The van der Waals surface area contributed by atoms with Crippen LogP contribution in [0.3, 0.4) is 0 Å². The van der Waals surface area contributed by atoms with Crippen molar-refractivity contribution in [3.8, 4) is 0 Å². The van der Waals surface area contributed by atoms with Crippen molar-refractivity contribution in [2.45, 2.75) is 38.4 Å². The minimum absolute atomic E-state index is 0.0344. The van der Waals surface area contributed by atoms with E-state index in [0.29, 0.717) is 0 Å². The third-order valence-corrected chi connectivity index (χ3v) is 2.16. The topological polar surface area (TPSA) is 72.8 Å². The minimum Gasteiger partial charge on any atom is -0.459 e. The smallest absolute Gasteiger partial charge is 0.306 e. The Bertz CT molecular complexity index is 268. The van der Waals surface area contributed by atoms with E-state index in [-0.39, 0.29) is 31.7 Å². The van der Waals surface area contributed by atoms with Crippen molar-refractivity contribution in [1.82, 2.24) is 0 Å². The Labute approximate surface area is 89.8 Å². The quantitative estimate of drug-likeness (QED) is 0.660. The van der Waals surface area contributed by atoms with Gasteiger partial charge in [-0.15, -0.1) is 0 Å². The first-order valence-corrected chi connectivity index (χ1v) is 4.90. The third-order valence-electron chi connectivity index (χ3n) is 2.16. The second-order valence-corrected chi connectivity index (χ2v) is 3.49. The molecule has 5 heteroatoms. The van der Waals surface area contributed by atoms with Crippen molar-refractivity contribution >= 4 is 11.8 Å². The lowest BCUT2D eigenvalue weighted by Crippen LogP contribution is -2.30. The molecule has 1 heterocycles. The standard InChI is InChI=1S/C10H16O5/c1-7(12)2-3-10(13)15-8-4-5-14-9(8)6-11/h8-9,11H,2-6H2,1H3/t8-,9-/m1/s1/i5T/t5-,8+,9+/m0. The van der Waals surface area contributed by atoms with E-state index in [9.17, 15) is 9.59 Å². The molecule has 5 nitrogen and oxygen atoms in total. The Hall–Kier alpha value is -0.940. The molecule has 0 aliphatic carbocycles. The summed E-state index contributed by atoms with van der Waals surface area (Å²) in [5.74, 6) is -0.562. The van der Waals surface area contributed by atoms with Gasteiger partial charge in [-0.2, -0.15) is 0 Å². The molecule has 0 spiro atoms. The molecule has 0 aromatic heterocycles. The van der Waals surface area contributed by atoms with E-state index >= 15 is 0 Å². The van der Waals surface area contributed by atoms with E-state index in [1.54, 1.807) is 0 Å². The van der Waals surface area contributed by atoms with Crippen LogP contribution in [-0.2, 0) is 19.1 Å². The van der Waals surface area contributed by atoms with Crippen LogP contribution in [0.25, 0.3) is 0 Å². The van der Waals surface area contributed by atoms with E-state index in [4.69, 9.17) is 16.0 Å². The molecular weight excluding hydrogens is 200 g/mol. The summed E-state index contributed by atoms with van der Waals surface area (Å²) in [5.41, 5.74) is 0. The molecule has 0 amide bonds. The van der Waals surface area contributed by atoms with Crippen LogP contribution in [0.1, 0.15) is 27.6 Å². The number of ketones is 1. The number of hydrogen-bond acceptors (Lipinski definition) is 5. The van der Waals surface area contributed by atoms with Gasteiger partial charge in [-0.3, -0.25) is 4.79 Å². The second kappa shape index (κ2) is 5.82. The number of esters is 1. The normalized spacial score (nSPS) is 31.1. The van der Waals surface area contributed by atoms with Gasteiger partial charge in [-0.25, -0.2) is 0 Å². The van der Waals surface area contributed by atoms with E-state index in [0.717, 1.165) is 0 Å². The number of Topliss-reactive ketones (excluding diaryl/α,β-unsaturated/α-hetero) is 1. The zero-order chi connectivity index (χ0) is 12.1. The molecule has 1 aliphatic heterocycles. The second-order valence-electron chi connectivity index (χ2n) is 3.49. The molecule has 0 bridgehead atoms. The molecule has 0 aromatic rings. The lowest BCUT2D eigenvalue weighted by molar-refractivity contribution is -0.153. The van der Waals surface area contributed by atoms with Crippen LogP contribution in [0.2, 0.25) is 0 Å². The van der Waals surface area contributed by atoms with Gasteiger partial charge in [-0.05, 0) is 6.92 Å². The molecule has 1 rings (SSSR count). The van der Waals surface area contributed by atoms with Crippen molar-refractivity contribution in [2.24, 2.45) is 0 Å². The first kappa shape index (κ1) is 10.6. The van der Waals surface area contributed by atoms with Crippen LogP contribution in [-0.4, -0.2) is 42.3 Å². The number of hydrogen-bond donors (Lipinski definition) is 1. The van der Waals surface area contributed by atoms with E-state index in [1.807, 2.05) is 0 Å². The molecule has 1 aliphatic rings.